The Morgan fingerprint density at radius 1 is 0.636 bits per heavy atom. The van der Waals surface area contributed by atoms with Gasteiger partial charge < -0.3 is 5.11 Å². The van der Waals surface area contributed by atoms with Gasteiger partial charge in [0.15, 0.2) is 0 Å². The van der Waals surface area contributed by atoms with E-state index in [1.807, 2.05) is 0 Å². The van der Waals surface area contributed by atoms with E-state index in [2.05, 4.69) is 0 Å². The van der Waals surface area contributed by atoms with E-state index in [-0.39, 0.29) is 6.42 Å². The van der Waals surface area contributed by atoms with Crippen LogP contribution in [0.3, 0.4) is 0 Å². The molecule has 0 heterocycles. The van der Waals surface area contributed by atoms with Gasteiger partial charge in [0.25, 0.3) is 0 Å². The van der Waals surface area contributed by atoms with E-state index < -0.39 is 12.4 Å². The molecule has 0 aromatic rings. The minimum absolute atomic E-state index is 0.0658. The first-order valence-corrected chi connectivity index (χ1v) is 9.13. The van der Waals surface area contributed by atoms with Crippen LogP contribution in [0.2, 0.25) is 0 Å². The molecule has 1 N–H and O–H groups in total. The Kier molecular flexibility index (Phi) is 16.2. The predicted octanol–water partition coefficient (Wildman–Crippen LogP) is 6.58. The molecule has 4 heteroatoms. The van der Waals surface area contributed by atoms with Crippen molar-refractivity contribution in [1.82, 2.24) is 0 Å². The van der Waals surface area contributed by atoms with Crippen molar-refractivity contribution in [3.05, 3.63) is 0 Å². The lowest BCUT2D eigenvalue weighted by Gasteiger charge is -2.03. The van der Waals surface area contributed by atoms with Crippen LogP contribution in [0.1, 0.15) is 103 Å². The zero-order chi connectivity index (χ0) is 16.5. The van der Waals surface area contributed by atoms with E-state index in [4.69, 9.17) is 5.11 Å². The first-order valence-electron chi connectivity index (χ1n) is 9.13. The van der Waals surface area contributed by atoms with Crippen LogP contribution in [0.4, 0.5) is 8.78 Å². The third kappa shape index (κ3) is 19.3. The Labute approximate surface area is 134 Å². The third-order valence-corrected chi connectivity index (χ3v) is 4.06. The molecular weight excluding hydrogens is 286 g/mol. The molecule has 0 amide bonds. The van der Waals surface area contributed by atoms with Crippen LogP contribution in [0.5, 0.6) is 0 Å². The van der Waals surface area contributed by atoms with E-state index in [1.54, 1.807) is 0 Å². The van der Waals surface area contributed by atoms with Crippen LogP contribution >= 0.6 is 0 Å². The van der Waals surface area contributed by atoms with Gasteiger partial charge in [0, 0.05) is 12.8 Å². The Hall–Kier alpha value is -0.670. The van der Waals surface area contributed by atoms with Crippen LogP contribution in [-0.4, -0.2) is 17.5 Å². The summed E-state index contributed by atoms with van der Waals surface area (Å²) < 4.78 is 23.8. The number of rotatable bonds is 17. The molecule has 132 valence electrons. The van der Waals surface area contributed by atoms with Gasteiger partial charge in [-0.2, -0.15) is 0 Å². The van der Waals surface area contributed by atoms with Crippen molar-refractivity contribution in [2.24, 2.45) is 0 Å². The largest absolute Gasteiger partial charge is 0.481 e. The molecule has 0 rings (SSSR count). The summed E-state index contributed by atoms with van der Waals surface area (Å²) in [4.78, 5) is 10.3. The minimum Gasteiger partial charge on any atom is -0.481 e. The standard InChI is InChI=1S/C18H34F2O2/c19-17(20)15-13-11-9-7-5-3-1-2-4-6-8-10-12-14-16-18(21)22/h17H,1-16H2,(H,21,22). The summed E-state index contributed by atoms with van der Waals surface area (Å²) in [5.41, 5.74) is 0. The van der Waals surface area contributed by atoms with Crippen molar-refractivity contribution in [2.75, 3.05) is 0 Å². The Bertz CT molecular complexity index is 245. The number of hydrogen-bond donors (Lipinski definition) is 1. The first-order chi connectivity index (χ1) is 10.6. The molecule has 0 aliphatic rings. The Morgan fingerprint density at radius 2 is 0.955 bits per heavy atom. The number of carboxylic acid groups (broad SMARTS) is 1. The summed E-state index contributed by atoms with van der Waals surface area (Å²) in [5, 5.41) is 8.51. The molecule has 22 heavy (non-hydrogen) atoms. The van der Waals surface area contributed by atoms with E-state index in [0.717, 1.165) is 32.1 Å². The molecule has 2 nitrogen and oxygen atoms in total. The highest BCUT2D eigenvalue weighted by molar-refractivity contribution is 5.66. The zero-order valence-electron chi connectivity index (χ0n) is 14.0. The van der Waals surface area contributed by atoms with E-state index in [0.29, 0.717) is 12.8 Å². The molecule has 0 aliphatic heterocycles. The molecule has 0 saturated carbocycles. The van der Waals surface area contributed by atoms with Gasteiger partial charge in [0.1, 0.15) is 0 Å². The van der Waals surface area contributed by atoms with Gasteiger partial charge in [-0.05, 0) is 12.8 Å². The summed E-state index contributed by atoms with van der Waals surface area (Å²) in [6.45, 7) is 0. The van der Waals surface area contributed by atoms with E-state index in [9.17, 15) is 13.6 Å². The van der Waals surface area contributed by atoms with Crippen molar-refractivity contribution >= 4 is 5.97 Å². The van der Waals surface area contributed by atoms with Crippen LogP contribution in [0.15, 0.2) is 0 Å². The Morgan fingerprint density at radius 3 is 1.27 bits per heavy atom. The zero-order valence-corrected chi connectivity index (χ0v) is 14.0. The number of carbonyl (C=O) groups is 1. The van der Waals surface area contributed by atoms with Gasteiger partial charge in [-0.15, -0.1) is 0 Å². The van der Waals surface area contributed by atoms with Gasteiger partial charge in [-0.1, -0.05) is 77.0 Å². The number of alkyl halides is 2. The monoisotopic (exact) mass is 320 g/mol. The molecule has 0 radical (unpaired) electrons. The lowest BCUT2D eigenvalue weighted by atomic mass is 10.0. The second-order valence-corrected chi connectivity index (χ2v) is 6.27. The molecule has 0 unspecified atom stereocenters. The second kappa shape index (κ2) is 16.7. The maximum atomic E-state index is 11.9. The van der Waals surface area contributed by atoms with Crippen LogP contribution in [0, 0.1) is 0 Å². The summed E-state index contributed by atoms with van der Waals surface area (Å²) in [7, 11) is 0. The number of halogens is 2. The highest BCUT2D eigenvalue weighted by Crippen LogP contribution is 2.14. The lowest BCUT2D eigenvalue weighted by molar-refractivity contribution is -0.137. The molecule has 0 aromatic heterocycles. The summed E-state index contributed by atoms with van der Waals surface area (Å²) in [5.74, 6) is -0.686. The highest BCUT2D eigenvalue weighted by atomic mass is 19.3. The molecule has 0 bridgehead atoms. The fourth-order valence-electron chi connectivity index (χ4n) is 2.70. The second-order valence-electron chi connectivity index (χ2n) is 6.27. The van der Waals surface area contributed by atoms with Gasteiger partial charge >= 0.3 is 5.97 Å². The van der Waals surface area contributed by atoms with Crippen molar-refractivity contribution < 1.29 is 18.7 Å². The number of hydrogen-bond acceptors (Lipinski definition) is 1. The maximum Gasteiger partial charge on any atom is 0.303 e. The van der Waals surface area contributed by atoms with Crippen molar-refractivity contribution in [1.29, 1.82) is 0 Å². The molecule has 0 aliphatic carbocycles. The molecule has 0 spiro atoms. The minimum atomic E-state index is -2.13. The van der Waals surface area contributed by atoms with E-state index in [1.165, 1.54) is 51.4 Å². The predicted molar refractivity (Wildman–Crippen MR) is 87.5 cm³/mol. The van der Waals surface area contributed by atoms with Gasteiger partial charge in [0.05, 0.1) is 0 Å². The van der Waals surface area contributed by atoms with Crippen LogP contribution in [0.25, 0.3) is 0 Å². The maximum absolute atomic E-state index is 11.9. The van der Waals surface area contributed by atoms with E-state index >= 15 is 0 Å². The number of unbranched alkanes of at least 4 members (excludes halogenated alkanes) is 13. The molecule has 0 fully saturated rings. The fourth-order valence-corrected chi connectivity index (χ4v) is 2.70. The normalized spacial score (nSPS) is 11.2. The smallest absolute Gasteiger partial charge is 0.303 e. The topological polar surface area (TPSA) is 37.3 Å². The molecule has 0 saturated heterocycles. The summed E-state index contributed by atoms with van der Waals surface area (Å²) in [6.07, 6.45) is 14.0. The average molecular weight is 320 g/mol. The number of aliphatic carboxylic acids is 1. The van der Waals surface area contributed by atoms with Crippen LogP contribution < -0.4 is 0 Å². The number of carboxylic acids is 1. The first kappa shape index (κ1) is 21.3. The molecule has 0 aromatic carbocycles. The average Bonchev–Trinajstić information content (AvgIpc) is 2.46. The highest BCUT2D eigenvalue weighted by Gasteiger charge is 2.01. The SMILES string of the molecule is O=C(O)CCCCCCCCCCCCCCCCC(F)F. The van der Waals surface area contributed by atoms with Gasteiger partial charge in [-0.25, -0.2) is 8.78 Å². The molecular formula is C18H34F2O2. The van der Waals surface area contributed by atoms with Crippen molar-refractivity contribution in [3.8, 4) is 0 Å². The summed E-state index contributed by atoms with van der Waals surface area (Å²) in [6, 6.07) is 0. The van der Waals surface area contributed by atoms with Gasteiger partial charge in [-0.3, -0.25) is 4.79 Å². The fraction of sp³-hybridized carbons (Fsp3) is 0.944. The van der Waals surface area contributed by atoms with Gasteiger partial charge in [0.2, 0.25) is 6.43 Å². The van der Waals surface area contributed by atoms with Crippen LogP contribution in [-0.2, 0) is 4.79 Å². The lowest BCUT2D eigenvalue weighted by Crippen LogP contribution is -1.93. The Balaban J connectivity index is 2.98. The third-order valence-electron chi connectivity index (χ3n) is 4.06. The van der Waals surface area contributed by atoms with Crippen molar-refractivity contribution in [2.45, 2.75) is 109 Å². The molecule has 0 atom stereocenters. The van der Waals surface area contributed by atoms with Crippen molar-refractivity contribution in [3.63, 3.8) is 0 Å². The summed E-state index contributed by atoms with van der Waals surface area (Å²) >= 11 is 0. The quantitative estimate of drug-likeness (QED) is 0.307.